The third kappa shape index (κ3) is 2.09. The minimum atomic E-state index is -0.311. The Morgan fingerprint density at radius 2 is 1.73 bits per heavy atom. The van der Waals surface area contributed by atoms with E-state index in [1.165, 1.54) is 0 Å². The molecule has 2 fully saturated rings. The summed E-state index contributed by atoms with van der Waals surface area (Å²) >= 11 is 2.27. The van der Waals surface area contributed by atoms with Crippen molar-refractivity contribution in [2.45, 2.75) is 37.1 Å². The second kappa shape index (κ2) is 4.31. The summed E-state index contributed by atoms with van der Waals surface area (Å²) in [4.78, 5) is 0. The van der Waals surface area contributed by atoms with E-state index in [4.69, 9.17) is 14.2 Å². The highest BCUT2D eigenvalue weighted by atomic mass is 127. The van der Waals surface area contributed by atoms with E-state index in [1.54, 1.807) is 7.11 Å². The molecule has 1 aliphatic carbocycles. The SMILES string of the molecule is C=C(I)C1(OC)CCC2(CC1)OCCO2. The van der Waals surface area contributed by atoms with E-state index in [9.17, 15) is 0 Å². The van der Waals surface area contributed by atoms with Crippen LogP contribution in [0.15, 0.2) is 10.2 Å². The van der Waals surface area contributed by atoms with E-state index in [-0.39, 0.29) is 11.4 Å². The molecular formula is C11H17IO3. The molecule has 4 heteroatoms. The molecule has 1 saturated heterocycles. The lowest BCUT2D eigenvalue weighted by Gasteiger charge is -2.42. The zero-order chi connectivity index (χ0) is 10.9. The van der Waals surface area contributed by atoms with E-state index < -0.39 is 0 Å². The lowest BCUT2D eigenvalue weighted by atomic mass is 9.81. The topological polar surface area (TPSA) is 27.7 Å². The maximum atomic E-state index is 5.69. The van der Waals surface area contributed by atoms with Crippen molar-refractivity contribution in [1.29, 1.82) is 0 Å². The third-order valence-electron chi connectivity index (χ3n) is 3.52. The molecule has 0 amide bonds. The highest BCUT2D eigenvalue weighted by Gasteiger charge is 2.47. The summed E-state index contributed by atoms with van der Waals surface area (Å²) in [7, 11) is 1.76. The van der Waals surface area contributed by atoms with Crippen LogP contribution in [0.5, 0.6) is 0 Å². The van der Waals surface area contributed by atoms with Crippen molar-refractivity contribution in [2.75, 3.05) is 20.3 Å². The van der Waals surface area contributed by atoms with Gasteiger partial charge in [-0.1, -0.05) is 6.58 Å². The number of hydrogen-bond donors (Lipinski definition) is 0. The van der Waals surface area contributed by atoms with Gasteiger partial charge < -0.3 is 14.2 Å². The molecule has 0 unspecified atom stereocenters. The smallest absolute Gasteiger partial charge is 0.168 e. The van der Waals surface area contributed by atoms with Crippen LogP contribution in [-0.2, 0) is 14.2 Å². The summed E-state index contributed by atoms with van der Waals surface area (Å²) in [6.07, 6.45) is 3.68. The number of methoxy groups -OCH3 is 1. The first-order chi connectivity index (χ1) is 7.13. The first-order valence-electron chi connectivity index (χ1n) is 5.30. The Morgan fingerprint density at radius 1 is 1.20 bits per heavy atom. The molecule has 1 saturated carbocycles. The van der Waals surface area contributed by atoms with Crippen LogP contribution < -0.4 is 0 Å². The van der Waals surface area contributed by atoms with Crippen molar-refractivity contribution in [3.8, 4) is 0 Å². The van der Waals surface area contributed by atoms with Crippen LogP contribution in [0.2, 0.25) is 0 Å². The summed E-state index contributed by atoms with van der Waals surface area (Å²) in [5.41, 5.74) is -0.166. The van der Waals surface area contributed by atoms with Gasteiger partial charge in [-0.25, -0.2) is 0 Å². The Morgan fingerprint density at radius 3 is 2.13 bits per heavy atom. The van der Waals surface area contributed by atoms with Gasteiger partial charge in [-0.15, -0.1) is 0 Å². The first-order valence-corrected chi connectivity index (χ1v) is 6.38. The molecule has 2 rings (SSSR count). The highest BCUT2D eigenvalue weighted by molar-refractivity contribution is 14.1. The monoisotopic (exact) mass is 324 g/mol. The Balaban J connectivity index is 2.04. The molecule has 3 nitrogen and oxygen atoms in total. The maximum absolute atomic E-state index is 5.69. The fourth-order valence-electron chi connectivity index (χ4n) is 2.41. The predicted molar refractivity (Wildman–Crippen MR) is 66.0 cm³/mol. The van der Waals surface area contributed by atoms with Crippen LogP contribution in [0, 0.1) is 0 Å². The van der Waals surface area contributed by atoms with Crippen LogP contribution in [-0.4, -0.2) is 31.7 Å². The van der Waals surface area contributed by atoms with E-state index in [0.29, 0.717) is 0 Å². The van der Waals surface area contributed by atoms with Gasteiger partial charge in [0.15, 0.2) is 5.79 Å². The van der Waals surface area contributed by atoms with Crippen LogP contribution >= 0.6 is 22.6 Å². The molecule has 2 aliphatic rings. The molecule has 0 aromatic heterocycles. The van der Waals surface area contributed by atoms with Crippen LogP contribution in [0.25, 0.3) is 0 Å². The van der Waals surface area contributed by atoms with Gasteiger partial charge in [0.1, 0.15) is 0 Å². The third-order valence-corrected chi connectivity index (χ3v) is 4.50. The molecule has 0 bridgehead atoms. The quantitative estimate of drug-likeness (QED) is 0.731. The van der Waals surface area contributed by atoms with Crippen molar-refractivity contribution >= 4 is 22.6 Å². The second-order valence-corrected chi connectivity index (χ2v) is 5.51. The largest absolute Gasteiger partial charge is 0.373 e. The molecule has 0 atom stereocenters. The molecule has 1 heterocycles. The molecule has 0 radical (unpaired) electrons. The van der Waals surface area contributed by atoms with Gasteiger partial charge in [0.05, 0.1) is 18.8 Å². The number of hydrogen-bond acceptors (Lipinski definition) is 3. The van der Waals surface area contributed by atoms with Gasteiger partial charge in [0, 0.05) is 23.5 Å². The summed E-state index contributed by atoms with van der Waals surface area (Å²) in [6, 6.07) is 0. The molecular weight excluding hydrogens is 307 g/mol. The Hall–Kier alpha value is 0.350. The normalized spacial score (nSPS) is 28.1. The second-order valence-electron chi connectivity index (χ2n) is 4.21. The number of ether oxygens (including phenoxy) is 3. The highest BCUT2D eigenvalue weighted by Crippen LogP contribution is 2.45. The molecule has 0 aromatic carbocycles. The van der Waals surface area contributed by atoms with E-state index in [0.717, 1.165) is 42.5 Å². The van der Waals surface area contributed by atoms with Crippen molar-refractivity contribution < 1.29 is 14.2 Å². The van der Waals surface area contributed by atoms with Gasteiger partial charge in [-0.05, 0) is 35.4 Å². The summed E-state index contributed by atoms with van der Waals surface area (Å²) in [5, 5.41) is 0. The van der Waals surface area contributed by atoms with Gasteiger partial charge in [-0.3, -0.25) is 0 Å². The zero-order valence-corrected chi connectivity index (χ0v) is 11.2. The summed E-state index contributed by atoms with van der Waals surface area (Å²) in [5.74, 6) is -0.311. The average Bonchev–Trinajstić information content (AvgIpc) is 2.68. The van der Waals surface area contributed by atoms with Crippen molar-refractivity contribution in [2.24, 2.45) is 0 Å². The maximum Gasteiger partial charge on any atom is 0.168 e. The van der Waals surface area contributed by atoms with Gasteiger partial charge in [-0.2, -0.15) is 0 Å². The predicted octanol–water partition coefficient (Wildman–Crippen LogP) is 2.64. The summed E-state index contributed by atoms with van der Waals surface area (Å²) < 4.78 is 18.1. The first kappa shape index (κ1) is 11.8. The standard InChI is InChI=1S/C11H17IO3/c1-9(12)10(13-2)3-5-11(6-4-10)14-7-8-15-11/h1,3-8H2,2H3. The van der Waals surface area contributed by atoms with Crippen molar-refractivity contribution in [3.05, 3.63) is 10.2 Å². The summed E-state index contributed by atoms with van der Waals surface area (Å²) in [6.45, 7) is 5.47. The van der Waals surface area contributed by atoms with E-state index >= 15 is 0 Å². The zero-order valence-electron chi connectivity index (χ0n) is 9.05. The molecule has 15 heavy (non-hydrogen) atoms. The number of rotatable bonds is 2. The van der Waals surface area contributed by atoms with E-state index in [2.05, 4.69) is 29.2 Å². The van der Waals surface area contributed by atoms with Gasteiger partial charge in [0.2, 0.25) is 0 Å². The molecule has 0 N–H and O–H groups in total. The lowest BCUT2D eigenvalue weighted by Crippen LogP contribution is -2.44. The Labute approximate surface area is 104 Å². The molecule has 0 aromatic rings. The molecule has 1 spiro atoms. The van der Waals surface area contributed by atoms with E-state index in [1.807, 2.05) is 0 Å². The van der Waals surface area contributed by atoms with Crippen LogP contribution in [0.4, 0.5) is 0 Å². The van der Waals surface area contributed by atoms with Gasteiger partial charge in [0.25, 0.3) is 0 Å². The van der Waals surface area contributed by atoms with Gasteiger partial charge >= 0.3 is 0 Å². The Bertz CT molecular complexity index is 249. The van der Waals surface area contributed by atoms with Crippen molar-refractivity contribution in [3.63, 3.8) is 0 Å². The number of halogens is 1. The fraction of sp³-hybridized carbons (Fsp3) is 0.818. The van der Waals surface area contributed by atoms with Crippen LogP contribution in [0.3, 0.4) is 0 Å². The molecule has 1 aliphatic heterocycles. The Kier molecular flexibility index (Phi) is 3.40. The fourth-order valence-corrected chi connectivity index (χ4v) is 3.17. The lowest BCUT2D eigenvalue weighted by molar-refractivity contribution is -0.199. The minimum Gasteiger partial charge on any atom is -0.373 e. The van der Waals surface area contributed by atoms with Crippen molar-refractivity contribution in [1.82, 2.24) is 0 Å². The minimum absolute atomic E-state index is 0.166. The molecule has 86 valence electrons. The van der Waals surface area contributed by atoms with Crippen LogP contribution in [0.1, 0.15) is 25.7 Å². The average molecular weight is 324 g/mol.